The van der Waals surface area contributed by atoms with E-state index in [1.165, 1.54) is 17.9 Å². The predicted octanol–water partition coefficient (Wildman–Crippen LogP) is 1.50. The van der Waals surface area contributed by atoms with Gasteiger partial charge in [-0.2, -0.15) is 0 Å². The molecule has 0 saturated heterocycles. The lowest BCUT2D eigenvalue weighted by atomic mass is 10.2. The Balaban J connectivity index is 2.49. The lowest BCUT2D eigenvalue weighted by Gasteiger charge is -2.21. The van der Waals surface area contributed by atoms with Gasteiger partial charge in [-0.05, 0) is 27.7 Å². The number of nitrogens with zero attached hydrogens (tertiary/aromatic N) is 2. The van der Waals surface area contributed by atoms with Gasteiger partial charge in [0.15, 0.2) is 0 Å². The van der Waals surface area contributed by atoms with Crippen LogP contribution < -0.4 is 10.1 Å². The third-order valence-corrected chi connectivity index (χ3v) is 2.50. The van der Waals surface area contributed by atoms with Gasteiger partial charge in [-0.25, -0.2) is 9.59 Å². The number of hydrogen-bond acceptors (Lipinski definition) is 6. The minimum atomic E-state index is -0.555. The van der Waals surface area contributed by atoms with Gasteiger partial charge in [0.2, 0.25) is 5.88 Å². The number of rotatable bonds is 5. The van der Waals surface area contributed by atoms with Crippen LogP contribution in [-0.4, -0.2) is 47.2 Å². The topological polar surface area (TPSA) is 91.7 Å². The summed E-state index contributed by atoms with van der Waals surface area (Å²) in [6, 6.07) is 1.20. The maximum absolute atomic E-state index is 11.6. The largest absolute Gasteiger partial charge is 0.474 e. The Morgan fingerprint density at radius 1 is 1.41 bits per heavy atom. The molecule has 0 aliphatic rings. The number of amides is 1. The lowest BCUT2D eigenvalue weighted by Crippen LogP contribution is -2.40. The van der Waals surface area contributed by atoms with E-state index >= 15 is 0 Å². The predicted molar refractivity (Wildman–Crippen MR) is 78.9 cm³/mol. The SMILES string of the molecule is COC(=O)c1cc(OC[C@H](C)NC(=O)OC(C)(C)C)nn1C. The second-order valence-corrected chi connectivity index (χ2v) is 5.84. The first-order chi connectivity index (χ1) is 10.1. The molecule has 0 aliphatic carbocycles. The van der Waals surface area contributed by atoms with Crippen molar-refractivity contribution in [1.82, 2.24) is 15.1 Å². The standard InChI is InChI=1S/C14H23N3O5/c1-9(15-13(19)22-14(2,3)4)8-21-11-7-10(12(18)20-6)17(5)16-11/h7,9H,8H2,1-6H3,(H,15,19)/t9-/m0/s1. The number of ether oxygens (including phenoxy) is 3. The molecule has 1 aromatic rings. The number of aromatic nitrogens is 2. The molecule has 0 spiro atoms. The fourth-order valence-electron chi connectivity index (χ4n) is 1.57. The van der Waals surface area contributed by atoms with Crippen molar-refractivity contribution in [3.8, 4) is 5.88 Å². The summed E-state index contributed by atoms with van der Waals surface area (Å²) >= 11 is 0. The van der Waals surface area contributed by atoms with Crippen LogP contribution in [-0.2, 0) is 16.5 Å². The van der Waals surface area contributed by atoms with Crippen molar-refractivity contribution in [2.45, 2.75) is 39.3 Å². The lowest BCUT2D eigenvalue weighted by molar-refractivity contribution is 0.0492. The molecule has 8 heteroatoms. The highest BCUT2D eigenvalue weighted by Crippen LogP contribution is 2.12. The normalized spacial score (nSPS) is 12.5. The zero-order valence-electron chi connectivity index (χ0n) is 13.8. The molecule has 22 heavy (non-hydrogen) atoms. The van der Waals surface area contributed by atoms with Crippen LogP contribution in [0.5, 0.6) is 5.88 Å². The van der Waals surface area contributed by atoms with Gasteiger partial charge in [-0.3, -0.25) is 4.68 Å². The van der Waals surface area contributed by atoms with E-state index in [9.17, 15) is 9.59 Å². The van der Waals surface area contributed by atoms with Crippen molar-refractivity contribution >= 4 is 12.1 Å². The number of methoxy groups -OCH3 is 1. The van der Waals surface area contributed by atoms with Crippen molar-refractivity contribution in [2.75, 3.05) is 13.7 Å². The molecule has 8 nitrogen and oxygen atoms in total. The molecular weight excluding hydrogens is 290 g/mol. The van der Waals surface area contributed by atoms with E-state index in [1.54, 1.807) is 34.7 Å². The first kappa shape index (κ1) is 17.8. The molecule has 1 atom stereocenters. The molecule has 1 rings (SSSR count). The first-order valence-electron chi connectivity index (χ1n) is 6.87. The first-order valence-corrected chi connectivity index (χ1v) is 6.87. The Kier molecular flexibility index (Phi) is 5.78. The molecule has 1 N–H and O–H groups in total. The molecule has 0 saturated carbocycles. The van der Waals surface area contributed by atoms with Gasteiger partial charge in [0.05, 0.1) is 13.2 Å². The maximum Gasteiger partial charge on any atom is 0.407 e. The van der Waals surface area contributed by atoms with Crippen molar-refractivity contribution in [3.63, 3.8) is 0 Å². The fourth-order valence-corrected chi connectivity index (χ4v) is 1.57. The van der Waals surface area contributed by atoms with Crippen LogP contribution in [0.2, 0.25) is 0 Å². The van der Waals surface area contributed by atoms with Crippen LogP contribution in [0.15, 0.2) is 6.07 Å². The van der Waals surface area contributed by atoms with E-state index in [-0.39, 0.29) is 24.2 Å². The number of alkyl carbamates (subject to hydrolysis) is 1. The zero-order chi connectivity index (χ0) is 16.9. The fraction of sp³-hybridized carbons (Fsp3) is 0.643. The average Bonchev–Trinajstić information content (AvgIpc) is 2.74. The zero-order valence-corrected chi connectivity index (χ0v) is 13.8. The average molecular weight is 313 g/mol. The van der Waals surface area contributed by atoms with Gasteiger partial charge < -0.3 is 19.5 Å². The van der Waals surface area contributed by atoms with Crippen molar-refractivity contribution < 1.29 is 23.8 Å². The Morgan fingerprint density at radius 2 is 2.05 bits per heavy atom. The molecule has 0 radical (unpaired) electrons. The molecule has 1 heterocycles. The van der Waals surface area contributed by atoms with Crippen LogP contribution in [0.4, 0.5) is 4.79 Å². The highest BCUT2D eigenvalue weighted by atomic mass is 16.6. The maximum atomic E-state index is 11.6. The third kappa shape index (κ3) is 5.63. The van der Waals surface area contributed by atoms with Gasteiger partial charge in [-0.15, -0.1) is 5.10 Å². The summed E-state index contributed by atoms with van der Waals surface area (Å²) in [5.41, 5.74) is -0.272. The van der Waals surface area contributed by atoms with E-state index in [0.717, 1.165) is 0 Å². The van der Waals surface area contributed by atoms with Crippen molar-refractivity contribution in [1.29, 1.82) is 0 Å². The number of carbonyl (C=O) groups excluding carboxylic acids is 2. The van der Waals surface area contributed by atoms with E-state index in [2.05, 4.69) is 15.2 Å². The summed E-state index contributed by atoms with van der Waals surface area (Å²) in [5.74, 6) is -0.217. The monoisotopic (exact) mass is 313 g/mol. The molecule has 124 valence electrons. The van der Waals surface area contributed by atoms with Crippen LogP contribution in [0.3, 0.4) is 0 Å². The molecule has 0 aliphatic heterocycles. The van der Waals surface area contributed by atoms with Gasteiger partial charge >= 0.3 is 12.1 Å². The summed E-state index contributed by atoms with van der Waals surface area (Å²) in [5, 5.41) is 6.69. The third-order valence-electron chi connectivity index (χ3n) is 2.50. The van der Waals surface area contributed by atoms with E-state index in [0.29, 0.717) is 0 Å². The molecule has 0 unspecified atom stereocenters. The highest BCUT2D eigenvalue weighted by Gasteiger charge is 2.19. The molecule has 1 aromatic heterocycles. The number of esters is 1. The van der Waals surface area contributed by atoms with Gasteiger partial charge in [0.25, 0.3) is 0 Å². The molecule has 1 amide bonds. The van der Waals surface area contributed by atoms with Gasteiger partial charge in [0.1, 0.15) is 17.9 Å². The Hall–Kier alpha value is -2.25. The quantitative estimate of drug-likeness (QED) is 0.828. The van der Waals surface area contributed by atoms with Crippen LogP contribution in [0.1, 0.15) is 38.2 Å². The van der Waals surface area contributed by atoms with Gasteiger partial charge in [0, 0.05) is 13.1 Å². The van der Waals surface area contributed by atoms with Gasteiger partial charge in [-0.1, -0.05) is 0 Å². The van der Waals surface area contributed by atoms with Crippen LogP contribution in [0, 0.1) is 0 Å². The minimum Gasteiger partial charge on any atom is -0.474 e. The molecule has 0 fully saturated rings. The minimum absolute atomic E-state index is 0.191. The second kappa shape index (κ2) is 7.15. The Bertz CT molecular complexity index is 533. The number of carbonyl (C=O) groups is 2. The van der Waals surface area contributed by atoms with Crippen molar-refractivity contribution in [3.05, 3.63) is 11.8 Å². The summed E-state index contributed by atoms with van der Waals surface area (Å²) < 4.78 is 16.6. The second-order valence-electron chi connectivity index (χ2n) is 5.84. The Morgan fingerprint density at radius 3 is 2.59 bits per heavy atom. The van der Waals surface area contributed by atoms with Crippen LogP contribution in [0.25, 0.3) is 0 Å². The molecule has 0 aromatic carbocycles. The number of nitrogens with one attached hydrogen (secondary N) is 1. The summed E-state index contributed by atoms with van der Waals surface area (Å²) in [4.78, 5) is 23.0. The van der Waals surface area contributed by atoms with E-state index in [1.807, 2.05) is 0 Å². The van der Waals surface area contributed by atoms with Crippen LogP contribution >= 0.6 is 0 Å². The molecular formula is C14H23N3O5. The number of aryl methyl sites for hydroxylation is 1. The van der Waals surface area contributed by atoms with Crippen molar-refractivity contribution in [2.24, 2.45) is 7.05 Å². The highest BCUT2D eigenvalue weighted by molar-refractivity contribution is 5.87. The molecule has 0 bridgehead atoms. The van der Waals surface area contributed by atoms with E-state index in [4.69, 9.17) is 9.47 Å². The Labute approximate surface area is 129 Å². The van der Waals surface area contributed by atoms with E-state index < -0.39 is 17.7 Å². The summed E-state index contributed by atoms with van der Waals surface area (Å²) in [7, 11) is 2.91. The number of hydrogen-bond donors (Lipinski definition) is 1. The summed E-state index contributed by atoms with van der Waals surface area (Å²) in [6.07, 6.45) is -0.514. The smallest absolute Gasteiger partial charge is 0.407 e. The summed E-state index contributed by atoms with van der Waals surface area (Å²) in [6.45, 7) is 7.33.